The van der Waals surface area contributed by atoms with E-state index in [-0.39, 0.29) is 10.8 Å². The van der Waals surface area contributed by atoms with Crippen LogP contribution in [0.5, 0.6) is 0 Å². The van der Waals surface area contributed by atoms with Crippen molar-refractivity contribution in [2.45, 2.75) is 50.4 Å². The third-order valence-electron chi connectivity index (χ3n) is 14.6. The Morgan fingerprint density at radius 1 is 0.333 bits per heavy atom. The molecule has 0 bridgehead atoms. The Hall–Kier alpha value is -7.22. The van der Waals surface area contributed by atoms with Gasteiger partial charge in [0.15, 0.2) is 0 Å². The highest BCUT2D eigenvalue weighted by molar-refractivity contribution is 5.96. The summed E-state index contributed by atoms with van der Waals surface area (Å²) in [4.78, 5) is 2.53. The van der Waals surface area contributed by atoms with Gasteiger partial charge in [0.2, 0.25) is 0 Å². The van der Waals surface area contributed by atoms with E-state index in [1.165, 1.54) is 126 Å². The Bertz CT molecular complexity index is 3180. The first-order valence-electron chi connectivity index (χ1n) is 22.7. The lowest BCUT2D eigenvalue weighted by Crippen LogP contribution is -2.21. The van der Waals surface area contributed by atoms with E-state index in [4.69, 9.17) is 0 Å². The second-order valence-electron chi connectivity index (χ2n) is 18.4. The highest BCUT2D eigenvalue weighted by Crippen LogP contribution is 2.59. The predicted molar refractivity (Wildman–Crippen MR) is 265 cm³/mol. The first-order chi connectivity index (χ1) is 31.0. The summed E-state index contributed by atoms with van der Waals surface area (Å²) in [5.74, 6) is 0. The van der Waals surface area contributed by atoms with Crippen LogP contribution in [0.4, 0.5) is 17.1 Å². The summed E-state index contributed by atoms with van der Waals surface area (Å²) in [6.07, 6.45) is 4.94. The molecule has 0 unspecified atom stereocenters. The van der Waals surface area contributed by atoms with Gasteiger partial charge in [-0.2, -0.15) is 0 Å². The lowest BCUT2D eigenvalue weighted by molar-refractivity contribution is 0.550. The average Bonchev–Trinajstić information content (AvgIpc) is 4.02. The van der Waals surface area contributed by atoms with E-state index in [9.17, 15) is 0 Å². The molecule has 0 heterocycles. The molecule has 1 saturated carbocycles. The van der Waals surface area contributed by atoms with Crippen LogP contribution in [0.15, 0.2) is 212 Å². The maximum Gasteiger partial charge on any atom is 0.0540 e. The van der Waals surface area contributed by atoms with Crippen LogP contribution in [0.3, 0.4) is 0 Å². The molecular formula is C62H49N. The molecule has 1 nitrogen and oxygen atoms in total. The van der Waals surface area contributed by atoms with E-state index in [2.05, 4.69) is 231 Å². The van der Waals surface area contributed by atoms with Crippen LogP contribution < -0.4 is 4.90 Å². The summed E-state index contributed by atoms with van der Waals surface area (Å²) in [6, 6.07) is 79.3. The summed E-state index contributed by atoms with van der Waals surface area (Å²) in [5, 5.41) is 0. The van der Waals surface area contributed by atoms with Crippen molar-refractivity contribution < 1.29 is 0 Å². The van der Waals surface area contributed by atoms with Gasteiger partial charge in [-0.15, -0.1) is 0 Å². The van der Waals surface area contributed by atoms with Crippen molar-refractivity contribution in [1.29, 1.82) is 0 Å². The van der Waals surface area contributed by atoms with Gasteiger partial charge < -0.3 is 4.90 Å². The lowest BCUT2D eigenvalue weighted by Gasteiger charge is -2.32. The van der Waals surface area contributed by atoms with E-state index in [0.717, 1.165) is 5.69 Å². The molecule has 0 radical (unpaired) electrons. The number of anilines is 3. The topological polar surface area (TPSA) is 3.24 Å². The van der Waals surface area contributed by atoms with E-state index in [1.807, 2.05) is 0 Å². The van der Waals surface area contributed by atoms with E-state index in [0.29, 0.717) is 0 Å². The van der Waals surface area contributed by atoms with Crippen molar-refractivity contribution in [3.63, 3.8) is 0 Å². The Labute approximate surface area is 372 Å². The first kappa shape index (κ1) is 37.5. The fourth-order valence-corrected chi connectivity index (χ4v) is 11.7. The van der Waals surface area contributed by atoms with Crippen LogP contribution in [0.25, 0.3) is 66.8 Å². The van der Waals surface area contributed by atoms with Gasteiger partial charge in [0.25, 0.3) is 0 Å². The van der Waals surface area contributed by atoms with Crippen molar-refractivity contribution in [2.75, 3.05) is 4.90 Å². The third-order valence-corrected chi connectivity index (χ3v) is 14.6. The maximum atomic E-state index is 2.55. The molecule has 12 rings (SSSR count). The molecule has 0 aromatic heterocycles. The molecule has 1 heteroatoms. The van der Waals surface area contributed by atoms with Gasteiger partial charge in [0.1, 0.15) is 0 Å². The van der Waals surface area contributed by atoms with Crippen molar-refractivity contribution in [3.8, 4) is 66.8 Å². The van der Waals surface area contributed by atoms with E-state index < -0.39 is 0 Å². The molecule has 3 aliphatic carbocycles. The number of nitrogens with zero attached hydrogens (tertiary/aromatic N) is 1. The minimum absolute atomic E-state index is 0.0702. The zero-order valence-electron chi connectivity index (χ0n) is 36.0. The van der Waals surface area contributed by atoms with Crippen LogP contribution in [0, 0.1) is 0 Å². The summed E-state index contributed by atoms with van der Waals surface area (Å²) >= 11 is 0. The van der Waals surface area contributed by atoms with Crippen molar-refractivity contribution in [1.82, 2.24) is 0 Å². The highest BCUT2D eigenvalue weighted by atomic mass is 15.1. The van der Waals surface area contributed by atoms with Crippen LogP contribution in [0.2, 0.25) is 0 Å². The van der Waals surface area contributed by atoms with E-state index >= 15 is 0 Å². The molecule has 63 heavy (non-hydrogen) atoms. The van der Waals surface area contributed by atoms with Gasteiger partial charge in [-0.3, -0.25) is 0 Å². The van der Waals surface area contributed by atoms with Crippen LogP contribution in [-0.4, -0.2) is 0 Å². The molecule has 9 aromatic rings. The highest BCUT2D eigenvalue weighted by Gasteiger charge is 2.45. The Morgan fingerprint density at radius 3 is 1.48 bits per heavy atom. The normalized spacial score (nSPS) is 14.8. The number of hydrogen-bond acceptors (Lipinski definition) is 1. The molecule has 0 saturated heterocycles. The summed E-state index contributed by atoms with van der Waals surface area (Å²) in [7, 11) is 0. The number of benzene rings is 9. The second-order valence-corrected chi connectivity index (χ2v) is 18.4. The Morgan fingerprint density at radius 2 is 0.794 bits per heavy atom. The molecule has 0 aliphatic heterocycles. The molecular weight excluding hydrogens is 759 g/mol. The smallest absolute Gasteiger partial charge is 0.0540 e. The summed E-state index contributed by atoms with van der Waals surface area (Å²) < 4.78 is 0. The minimum atomic E-state index is -0.143. The van der Waals surface area contributed by atoms with Crippen molar-refractivity contribution in [2.24, 2.45) is 0 Å². The van der Waals surface area contributed by atoms with Gasteiger partial charge in [-0.25, -0.2) is 0 Å². The first-order valence-corrected chi connectivity index (χ1v) is 22.7. The van der Waals surface area contributed by atoms with E-state index in [1.54, 1.807) is 0 Å². The third kappa shape index (κ3) is 5.90. The van der Waals surface area contributed by atoms with Crippen LogP contribution >= 0.6 is 0 Å². The molecule has 0 N–H and O–H groups in total. The molecule has 9 aromatic carbocycles. The molecule has 0 amide bonds. The zero-order chi connectivity index (χ0) is 42.1. The number of fused-ring (bicyclic) bond motifs is 8. The second kappa shape index (κ2) is 14.7. The predicted octanol–water partition coefficient (Wildman–Crippen LogP) is 17.0. The number of hydrogen-bond donors (Lipinski definition) is 0. The Kier molecular flexibility index (Phi) is 8.76. The fourth-order valence-electron chi connectivity index (χ4n) is 11.7. The minimum Gasteiger partial charge on any atom is -0.310 e. The van der Waals surface area contributed by atoms with Gasteiger partial charge in [-0.1, -0.05) is 209 Å². The average molecular weight is 808 g/mol. The van der Waals surface area contributed by atoms with Gasteiger partial charge >= 0.3 is 0 Å². The largest absolute Gasteiger partial charge is 0.310 e. The van der Waals surface area contributed by atoms with Crippen LogP contribution in [0.1, 0.15) is 61.8 Å². The SMILES string of the molecule is CC1(C)c2ccccc2-c2cccc(-c3ccccc3N(c3ccc(-c4ccc(-c5ccccc5-c5ccccc5)cc4)cc3)c3ccc4c(c3)C3(CCCC3)c3ccccc3-4)c21. The monoisotopic (exact) mass is 807 g/mol. The Balaban J connectivity index is 0.985. The molecule has 3 aliphatic rings. The van der Waals surface area contributed by atoms with Gasteiger partial charge in [0, 0.05) is 27.8 Å². The standard InChI is InChI=1S/C62H49N/c1-61(2)56-26-11-8-22-51(56)54-24-16-25-55(60(54)61)53-23-10-13-28-59(53)63(47-37-38-52-50-21-9-12-27-57(50)62(58(52)41-47)39-14-15-40-62)46-35-33-43(34-36-46)42-29-31-45(32-30-42)49-20-7-6-19-48(49)44-17-4-3-5-18-44/h3-13,16-38,41H,14-15,39-40H2,1-2H3. The quantitative estimate of drug-likeness (QED) is 0.155. The summed E-state index contributed by atoms with van der Waals surface area (Å²) in [5.41, 5.74) is 24.6. The zero-order valence-corrected chi connectivity index (χ0v) is 36.0. The van der Waals surface area contributed by atoms with Crippen molar-refractivity contribution in [3.05, 3.63) is 235 Å². The molecule has 0 atom stereocenters. The fraction of sp³-hybridized carbons (Fsp3) is 0.129. The molecule has 1 fully saturated rings. The van der Waals surface area contributed by atoms with Gasteiger partial charge in [-0.05, 0) is 127 Å². The van der Waals surface area contributed by atoms with Crippen LogP contribution in [-0.2, 0) is 10.8 Å². The maximum absolute atomic E-state index is 2.55. The summed E-state index contributed by atoms with van der Waals surface area (Å²) in [6.45, 7) is 4.79. The number of rotatable bonds is 7. The number of para-hydroxylation sites is 1. The molecule has 302 valence electrons. The molecule has 1 spiro atoms. The van der Waals surface area contributed by atoms with Crippen molar-refractivity contribution >= 4 is 17.1 Å². The van der Waals surface area contributed by atoms with Gasteiger partial charge in [0.05, 0.1) is 5.69 Å². The lowest BCUT2D eigenvalue weighted by atomic mass is 9.76.